The average molecular weight is 335 g/mol. The minimum Gasteiger partial charge on any atom is -0.339 e. The Kier molecular flexibility index (Phi) is 3.16. The fourth-order valence-corrected chi connectivity index (χ4v) is 3.25. The lowest BCUT2D eigenvalue weighted by atomic mass is 10.3. The van der Waals surface area contributed by atoms with Crippen LogP contribution < -0.4 is 5.32 Å². The van der Waals surface area contributed by atoms with Crippen molar-refractivity contribution in [3.05, 3.63) is 51.9 Å². The minimum absolute atomic E-state index is 0.0993. The molecule has 3 aromatic rings. The van der Waals surface area contributed by atoms with Crippen molar-refractivity contribution in [3.63, 3.8) is 0 Å². The van der Waals surface area contributed by atoms with Crippen LogP contribution in [-0.4, -0.2) is 10.5 Å². The van der Waals surface area contributed by atoms with Gasteiger partial charge in [-0.25, -0.2) is 0 Å². The molecule has 1 aromatic carbocycles. The maximum absolute atomic E-state index is 12.3. The summed E-state index contributed by atoms with van der Waals surface area (Å²) in [4.78, 5) is 12.3. The van der Waals surface area contributed by atoms with E-state index < -0.39 is 0 Å². The van der Waals surface area contributed by atoms with Gasteiger partial charge in [0.15, 0.2) is 0 Å². The molecule has 0 fully saturated rings. The molecule has 0 saturated carbocycles. The van der Waals surface area contributed by atoms with Crippen molar-refractivity contribution >= 4 is 49.1 Å². The molecule has 3 rings (SSSR count). The maximum Gasteiger partial charge on any atom is 0.272 e. The van der Waals surface area contributed by atoms with Gasteiger partial charge in [-0.15, -0.1) is 11.3 Å². The number of carbonyl (C=O) groups excluding carboxylic acids is 1. The summed E-state index contributed by atoms with van der Waals surface area (Å²) in [7, 11) is 1.91. The maximum atomic E-state index is 12.3. The van der Waals surface area contributed by atoms with Crippen molar-refractivity contribution in [1.82, 2.24) is 4.57 Å². The summed E-state index contributed by atoms with van der Waals surface area (Å²) in [6.45, 7) is 0. The first-order chi connectivity index (χ1) is 9.16. The Morgan fingerprint density at radius 1 is 1.32 bits per heavy atom. The van der Waals surface area contributed by atoms with Crippen LogP contribution in [0.15, 0.2) is 46.3 Å². The van der Waals surface area contributed by atoms with Crippen LogP contribution in [0.5, 0.6) is 0 Å². The van der Waals surface area contributed by atoms with Gasteiger partial charge in [0.1, 0.15) is 5.69 Å². The standard InChI is InChI=1S/C14H11BrN2OS/c1-17-11-6-7-19-13(11)8-12(17)14(18)16-10-5-3-2-4-9(10)15/h2-8H,1H3,(H,16,18). The van der Waals surface area contributed by atoms with Crippen molar-refractivity contribution in [1.29, 1.82) is 0 Å². The lowest BCUT2D eigenvalue weighted by Crippen LogP contribution is -2.15. The number of carbonyl (C=O) groups is 1. The zero-order chi connectivity index (χ0) is 13.4. The number of aromatic nitrogens is 1. The number of halogens is 1. The first kappa shape index (κ1) is 12.4. The third-order valence-electron chi connectivity index (χ3n) is 3.02. The number of nitrogens with one attached hydrogen (secondary N) is 1. The van der Waals surface area contributed by atoms with Gasteiger partial charge in [-0.05, 0) is 45.6 Å². The summed E-state index contributed by atoms with van der Waals surface area (Å²) in [5.74, 6) is -0.0993. The van der Waals surface area contributed by atoms with Gasteiger partial charge in [0.2, 0.25) is 0 Å². The molecule has 5 heteroatoms. The average Bonchev–Trinajstić information content (AvgIpc) is 2.96. The SMILES string of the molecule is Cn1c(C(=O)Nc2ccccc2Br)cc2sccc21. The second kappa shape index (κ2) is 4.83. The van der Waals surface area contributed by atoms with Crippen LogP contribution in [0.2, 0.25) is 0 Å². The summed E-state index contributed by atoms with van der Waals surface area (Å²) in [6, 6.07) is 11.5. The number of hydrogen-bond donors (Lipinski definition) is 1. The normalized spacial score (nSPS) is 10.8. The minimum atomic E-state index is -0.0993. The molecule has 0 spiro atoms. The van der Waals surface area contributed by atoms with Gasteiger partial charge in [-0.2, -0.15) is 0 Å². The quantitative estimate of drug-likeness (QED) is 0.746. The molecule has 1 N–H and O–H groups in total. The van der Waals surface area contributed by atoms with E-state index >= 15 is 0 Å². The molecule has 2 aromatic heterocycles. The Hall–Kier alpha value is -1.59. The highest BCUT2D eigenvalue weighted by molar-refractivity contribution is 9.10. The van der Waals surface area contributed by atoms with Crippen LogP contribution in [0.1, 0.15) is 10.5 Å². The van der Waals surface area contributed by atoms with E-state index in [1.165, 1.54) is 0 Å². The summed E-state index contributed by atoms with van der Waals surface area (Å²) in [5, 5.41) is 4.94. The monoisotopic (exact) mass is 334 g/mol. The summed E-state index contributed by atoms with van der Waals surface area (Å²) in [5.41, 5.74) is 2.52. The number of nitrogens with zero attached hydrogens (tertiary/aromatic N) is 1. The Balaban J connectivity index is 1.94. The molecule has 96 valence electrons. The van der Waals surface area contributed by atoms with Crippen LogP contribution in [0.3, 0.4) is 0 Å². The van der Waals surface area contributed by atoms with Crippen molar-refractivity contribution in [2.75, 3.05) is 5.32 Å². The number of thiophene rings is 1. The van der Waals surface area contributed by atoms with Crippen molar-refractivity contribution in [3.8, 4) is 0 Å². The van der Waals surface area contributed by atoms with Gasteiger partial charge in [-0.1, -0.05) is 12.1 Å². The molecule has 1 amide bonds. The van der Waals surface area contributed by atoms with Gasteiger partial charge in [-0.3, -0.25) is 4.79 Å². The fourth-order valence-electron chi connectivity index (χ4n) is 2.02. The molecule has 0 atom stereocenters. The van der Waals surface area contributed by atoms with Gasteiger partial charge in [0, 0.05) is 11.5 Å². The Morgan fingerprint density at radius 3 is 2.84 bits per heavy atom. The number of anilines is 1. The molecule has 3 nitrogen and oxygen atoms in total. The summed E-state index contributed by atoms with van der Waals surface area (Å²) >= 11 is 5.06. The van der Waals surface area contributed by atoms with Gasteiger partial charge >= 0.3 is 0 Å². The topological polar surface area (TPSA) is 34.0 Å². The predicted molar refractivity (Wildman–Crippen MR) is 82.9 cm³/mol. The Morgan fingerprint density at radius 2 is 2.11 bits per heavy atom. The van der Waals surface area contributed by atoms with Crippen LogP contribution in [0.25, 0.3) is 10.2 Å². The van der Waals surface area contributed by atoms with Crippen LogP contribution in [0, 0.1) is 0 Å². The zero-order valence-corrected chi connectivity index (χ0v) is 12.6. The molecule has 19 heavy (non-hydrogen) atoms. The Labute approximate surface area is 123 Å². The molecular formula is C14H11BrN2OS. The third-order valence-corrected chi connectivity index (χ3v) is 4.56. The van der Waals surface area contributed by atoms with E-state index in [1.807, 2.05) is 53.4 Å². The highest BCUT2D eigenvalue weighted by Gasteiger charge is 2.14. The number of fused-ring (bicyclic) bond motifs is 1. The Bertz CT molecular complexity index is 760. The molecule has 0 aliphatic heterocycles. The van der Waals surface area contributed by atoms with E-state index in [0.717, 1.165) is 20.4 Å². The number of hydrogen-bond acceptors (Lipinski definition) is 2. The molecule has 2 heterocycles. The fraction of sp³-hybridized carbons (Fsp3) is 0.0714. The molecule has 0 bridgehead atoms. The van der Waals surface area contributed by atoms with Gasteiger partial charge < -0.3 is 9.88 Å². The first-order valence-electron chi connectivity index (χ1n) is 5.75. The number of benzene rings is 1. The molecule has 0 radical (unpaired) electrons. The predicted octanol–water partition coefficient (Wildman–Crippen LogP) is 4.25. The smallest absolute Gasteiger partial charge is 0.272 e. The summed E-state index contributed by atoms with van der Waals surface area (Å²) < 4.78 is 3.91. The highest BCUT2D eigenvalue weighted by atomic mass is 79.9. The van der Waals surface area contributed by atoms with E-state index in [9.17, 15) is 4.79 Å². The largest absolute Gasteiger partial charge is 0.339 e. The van der Waals surface area contributed by atoms with E-state index in [0.29, 0.717) is 5.69 Å². The van der Waals surface area contributed by atoms with E-state index in [2.05, 4.69) is 21.2 Å². The number of aryl methyl sites for hydroxylation is 1. The molecule has 0 aliphatic carbocycles. The van der Waals surface area contributed by atoms with E-state index in [4.69, 9.17) is 0 Å². The van der Waals surface area contributed by atoms with Gasteiger partial charge in [0.25, 0.3) is 5.91 Å². The van der Waals surface area contributed by atoms with Crippen LogP contribution >= 0.6 is 27.3 Å². The third kappa shape index (κ3) is 2.19. The van der Waals surface area contributed by atoms with Gasteiger partial charge in [0.05, 0.1) is 15.9 Å². The molecule has 0 saturated heterocycles. The van der Waals surface area contributed by atoms with Crippen LogP contribution in [-0.2, 0) is 7.05 Å². The van der Waals surface area contributed by atoms with Crippen LogP contribution in [0.4, 0.5) is 5.69 Å². The van der Waals surface area contributed by atoms with Crippen molar-refractivity contribution < 1.29 is 4.79 Å². The number of rotatable bonds is 2. The van der Waals surface area contributed by atoms with E-state index in [1.54, 1.807) is 11.3 Å². The van der Waals surface area contributed by atoms with Crippen molar-refractivity contribution in [2.45, 2.75) is 0 Å². The van der Waals surface area contributed by atoms with E-state index in [-0.39, 0.29) is 5.91 Å². The highest BCUT2D eigenvalue weighted by Crippen LogP contribution is 2.26. The number of para-hydroxylation sites is 1. The zero-order valence-electron chi connectivity index (χ0n) is 10.2. The number of amides is 1. The van der Waals surface area contributed by atoms with Crippen molar-refractivity contribution in [2.24, 2.45) is 7.05 Å². The molecule has 0 aliphatic rings. The second-order valence-corrected chi connectivity index (χ2v) is 5.99. The second-order valence-electron chi connectivity index (χ2n) is 4.19. The summed E-state index contributed by atoms with van der Waals surface area (Å²) in [6.07, 6.45) is 0. The molecule has 0 unspecified atom stereocenters. The lowest BCUT2D eigenvalue weighted by Gasteiger charge is -2.07. The molecular weight excluding hydrogens is 324 g/mol. The first-order valence-corrected chi connectivity index (χ1v) is 7.43. The lowest BCUT2D eigenvalue weighted by molar-refractivity contribution is 0.101.